The first-order chi connectivity index (χ1) is 15.4. The van der Waals surface area contributed by atoms with Gasteiger partial charge in [-0.1, -0.05) is 6.07 Å². The maximum absolute atomic E-state index is 12.9. The fraction of sp³-hybridized carbons (Fsp3) is 0.522. The van der Waals surface area contributed by atoms with Crippen molar-refractivity contribution in [2.24, 2.45) is 5.92 Å². The number of fused-ring (bicyclic) bond motifs is 1. The van der Waals surface area contributed by atoms with Crippen LogP contribution in [0.3, 0.4) is 0 Å². The Labute approximate surface area is 187 Å². The van der Waals surface area contributed by atoms with Crippen molar-refractivity contribution >= 4 is 5.91 Å². The van der Waals surface area contributed by atoms with Crippen molar-refractivity contribution in [1.29, 1.82) is 0 Å². The first-order valence-electron chi connectivity index (χ1n) is 11.3. The van der Waals surface area contributed by atoms with Gasteiger partial charge in [0, 0.05) is 63.7 Å². The predicted molar refractivity (Wildman–Crippen MR) is 120 cm³/mol. The molecule has 9 heteroatoms. The smallest absolute Gasteiger partial charge is 0.341 e. The Hall–Kier alpha value is -3.23. The van der Waals surface area contributed by atoms with Crippen LogP contribution in [0, 0.1) is 12.8 Å². The van der Waals surface area contributed by atoms with Crippen LogP contribution in [0.2, 0.25) is 0 Å². The van der Waals surface area contributed by atoms with Crippen LogP contribution in [0.25, 0.3) is 0 Å². The van der Waals surface area contributed by atoms with E-state index in [0.717, 1.165) is 42.0 Å². The Balaban J connectivity index is 1.35. The molecule has 0 saturated heterocycles. The molecule has 1 amide bonds. The summed E-state index contributed by atoms with van der Waals surface area (Å²) in [6.07, 6.45) is 8.34. The first-order valence-corrected chi connectivity index (χ1v) is 11.3. The lowest BCUT2D eigenvalue weighted by molar-refractivity contribution is -0.131. The minimum atomic E-state index is -0.0867. The molecule has 0 spiro atoms. The molecule has 4 heterocycles. The lowest BCUT2D eigenvalue weighted by Gasteiger charge is -2.20. The fourth-order valence-corrected chi connectivity index (χ4v) is 4.28. The SMILES string of the molecule is CCn1cc(CN(C)C(=O)CC2CCc3nn(Cc4cccnc4)c(=O)n3CC2)c(C)n1. The van der Waals surface area contributed by atoms with Gasteiger partial charge in [0.2, 0.25) is 5.91 Å². The van der Waals surface area contributed by atoms with E-state index in [1.54, 1.807) is 21.9 Å². The Bertz CT molecular complexity index is 1130. The van der Waals surface area contributed by atoms with Crippen molar-refractivity contribution in [2.75, 3.05) is 7.05 Å². The highest BCUT2D eigenvalue weighted by atomic mass is 16.2. The second kappa shape index (κ2) is 9.50. The van der Waals surface area contributed by atoms with Crippen molar-refractivity contribution in [1.82, 2.24) is 34.0 Å². The van der Waals surface area contributed by atoms with E-state index in [0.29, 0.717) is 32.5 Å². The van der Waals surface area contributed by atoms with Gasteiger partial charge in [-0.3, -0.25) is 19.0 Å². The van der Waals surface area contributed by atoms with Gasteiger partial charge in [0.25, 0.3) is 0 Å². The fourth-order valence-electron chi connectivity index (χ4n) is 4.28. The second-order valence-electron chi connectivity index (χ2n) is 8.61. The summed E-state index contributed by atoms with van der Waals surface area (Å²) in [4.78, 5) is 31.6. The van der Waals surface area contributed by atoms with E-state index in [4.69, 9.17) is 0 Å². The summed E-state index contributed by atoms with van der Waals surface area (Å²) in [5, 5.41) is 9.03. The van der Waals surface area contributed by atoms with Gasteiger partial charge in [0.1, 0.15) is 5.82 Å². The number of hydrogen-bond acceptors (Lipinski definition) is 5. The van der Waals surface area contributed by atoms with Crippen LogP contribution in [0.1, 0.15) is 48.8 Å². The van der Waals surface area contributed by atoms with E-state index in [2.05, 4.69) is 22.1 Å². The molecular formula is C23H31N7O2. The molecule has 0 N–H and O–H groups in total. The molecule has 32 heavy (non-hydrogen) atoms. The number of aromatic nitrogens is 6. The van der Waals surface area contributed by atoms with E-state index in [1.807, 2.05) is 37.0 Å². The quantitative estimate of drug-likeness (QED) is 0.564. The third-order valence-electron chi connectivity index (χ3n) is 6.26. The number of amides is 1. The van der Waals surface area contributed by atoms with E-state index in [9.17, 15) is 9.59 Å². The zero-order valence-electron chi connectivity index (χ0n) is 19.1. The van der Waals surface area contributed by atoms with Crippen molar-refractivity contribution < 1.29 is 4.79 Å². The van der Waals surface area contributed by atoms with Gasteiger partial charge in [0.15, 0.2) is 0 Å². The van der Waals surface area contributed by atoms with E-state index in [-0.39, 0.29) is 17.5 Å². The average Bonchev–Trinajstić information content (AvgIpc) is 3.21. The van der Waals surface area contributed by atoms with Crippen LogP contribution in [-0.2, 0) is 37.4 Å². The van der Waals surface area contributed by atoms with E-state index in [1.165, 1.54) is 4.68 Å². The van der Waals surface area contributed by atoms with Crippen molar-refractivity contribution in [3.63, 3.8) is 0 Å². The first kappa shape index (κ1) is 22.0. The Kier molecular flexibility index (Phi) is 6.53. The van der Waals surface area contributed by atoms with Crippen molar-refractivity contribution in [2.45, 2.75) is 65.7 Å². The van der Waals surface area contributed by atoms with Crippen molar-refractivity contribution in [3.05, 3.63) is 63.9 Å². The summed E-state index contributed by atoms with van der Waals surface area (Å²) < 4.78 is 5.19. The number of carbonyl (C=O) groups is 1. The summed E-state index contributed by atoms with van der Waals surface area (Å²) in [6.45, 7) is 6.44. The minimum Gasteiger partial charge on any atom is -0.341 e. The number of pyridine rings is 1. The number of rotatable bonds is 7. The molecule has 1 atom stereocenters. The van der Waals surface area contributed by atoms with Crippen LogP contribution in [0.15, 0.2) is 35.5 Å². The molecule has 1 unspecified atom stereocenters. The second-order valence-corrected chi connectivity index (χ2v) is 8.61. The van der Waals surface area contributed by atoms with Gasteiger partial charge in [-0.15, -0.1) is 0 Å². The van der Waals surface area contributed by atoms with Gasteiger partial charge in [-0.2, -0.15) is 10.2 Å². The van der Waals surface area contributed by atoms with Crippen LogP contribution < -0.4 is 5.69 Å². The maximum atomic E-state index is 12.9. The van der Waals surface area contributed by atoms with Crippen molar-refractivity contribution in [3.8, 4) is 0 Å². The monoisotopic (exact) mass is 437 g/mol. The molecular weight excluding hydrogens is 406 g/mol. The lowest BCUT2D eigenvalue weighted by Crippen LogP contribution is -2.29. The molecule has 0 saturated carbocycles. The molecule has 0 bridgehead atoms. The summed E-state index contributed by atoms with van der Waals surface area (Å²) in [6, 6.07) is 3.80. The molecule has 0 radical (unpaired) electrons. The molecule has 0 aliphatic carbocycles. The highest BCUT2D eigenvalue weighted by Gasteiger charge is 2.24. The van der Waals surface area contributed by atoms with Gasteiger partial charge >= 0.3 is 5.69 Å². The normalized spacial score (nSPS) is 15.9. The average molecular weight is 438 g/mol. The molecule has 1 aliphatic rings. The molecule has 0 fully saturated rings. The molecule has 3 aromatic rings. The molecule has 0 aromatic carbocycles. The lowest BCUT2D eigenvalue weighted by atomic mass is 9.96. The number of carbonyl (C=O) groups excluding carboxylic acids is 1. The van der Waals surface area contributed by atoms with E-state index < -0.39 is 0 Å². The highest BCUT2D eigenvalue weighted by molar-refractivity contribution is 5.76. The third kappa shape index (κ3) is 4.81. The van der Waals surface area contributed by atoms with Gasteiger partial charge in [-0.05, 0) is 44.2 Å². The topological polar surface area (TPSA) is 90.8 Å². The standard InChI is InChI=1S/C23H31N7O2/c1-4-28-16-20(17(2)25-28)15-27(3)22(31)12-18-7-8-21-26-30(23(32)29(21)11-9-18)14-19-6-5-10-24-13-19/h5-6,10,13,16,18H,4,7-9,11-12,14-15H2,1-3H3. The zero-order valence-corrected chi connectivity index (χ0v) is 19.1. The van der Waals surface area contributed by atoms with Gasteiger partial charge < -0.3 is 4.90 Å². The molecule has 170 valence electrons. The van der Waals surface area contributed by atoms with Crippen LogP contribution in [-0.4, -0.2) is 47.0 Å². The Morgan fingerprint density at radius 1 is 1.28 bits per heavy atom. The van der Waals surface area contributed by atoms with Crippen LogP contribution in [0.4, 0.5) is 0 Å². The number of nitrogens with zero attached hydrogens (tertiary/aromatic N) is 7. The summed E-state index contributed by atoms with van der Waals surface area (Å²) >= 11 is 0. The van der Waals surface area contributed by atoms with Crippen LogP contribution >= 0.6 is 0 Å². The number of hydrogen-bond donors (Lipinski definition) is 0. The summed E-state index contributed by atoms with van der Waals surface area (Å²) in [5.41, 5.74) is 2.91. The van der Waals surface area contributed by atoms with E-state index >= 15 is 0 Å². The molecule has 1 aliphatic heterocycles. The van der Waals surface area contributed by atoms with Gasteiger partial charge in [0.05, 0.1) is 12.2 Å². The summed E-state index contributed by atoms with van der Waals surface area (Å²) in [7, 11) is 1.85. The third-order valence-corrected chi connectivity index (χ3v) is 6.26. The Morgan fingerprint density at radius 3 is 2.84 bits per heavy atom. The minimum absolute atomic E-state index is 0.0867. The summed E-state index contributed by atoms with van der Waals surface area (Å²) in [5.74, 6) is 1.19. The molecule has 4 rings (SSSR count). The zero-order chi connectivity index (χ0) is 22.7. The number of aryl methyl sites for hydroxylation is 3. The molecule has 3 aromatic heterocycles. The van der Waals surface area contributed by atoms with Gasteiger partial charge in [-0.25, -0.2) is 9.48 Å². The predicted octanol–water partition coefficient (Wildman–Crippen LogP) is 2.01. The Morgan fingerprint density at radius 2 is 2.12 bits per heavy atom. The highest BCUT2D eigenvalue weighted by Crippen LogP contribution is 2.22. The van der Waals surface area contributed by atoms with Crippen LogP contribution in [0.5, 0.6) is 0 Å². The molecule has 9 nitrogen and oxygen atoms in total. The largest absolute Gasteiger partial charge is 0.346 e. The maximum Gasteiger partial charge on any atom is 0.346 e.